The van der Waals surface area contributed by atoms with Crippen LogP contribution in [0, 0.1) is 17.8 Å². The zero-order valence-electron chi connectivity index (χ0n) is 9.92. The van der Waals surface area contributed by atoms with Crippen molar-refractivity contribution < 1.29 is 4.79 Å². The molecule has 14 heavy (non-hydrogen) atoms. The summed E-state index contributed by atoms with van der Waals surface area (Å²) in [6.07, 6.45) is 0.767. The Kier molecular flexibility index (Phi) is 4.11. The van der Waals surface area contributed by atoms with Gasteiger partial charge in [-0.25, -0.2) is 0 Å². The van der Waals surface area contributed by atoms with Crippen molar-refractivity contribution in [3.63, 3.8) is 0 Å². The highest BCUT2D eigenvalue weighted by Crippen LogP contribution is 2.22. The molecule has 0 saturated carbocycles. The van der Waals surface area contributed by atoms with E-state index in [4.69, 9.17) is 0 Å². The topological polar surface area (TPSA) is 20.3 Å². The Labute approximate surface area is 87.7 Å². The molecule has 1 aliphatic heterocycles. The van der Waals surface area contributed by atoms with Crippen LogP contribution in [0.2, 0.25) is 0 Å². The van der Waals surface area contributed by atoms with E-state index in [0.29, 0.717) is 24.2 Å². The largest absolute Gasteiger partial charge is 0.298 e. The smallest absolute Gasteiger partial charge is 0.148 e. The number of hydrogen-bond donors (Lipinski definition) is 0. The van der Waals surface area contributed by atoms with E-state index in [1.165, 1.54) is 0 Å². The molecule has 0 aromatic heterocycles. The first-order chi connectivity index (χ1) is 6.50. The quantitative estimate of drug-likeness (QED) is 0.688. The highest BCUT2D eigenvalue weighted by atomic mass is 16.1. The first-order valence-corrected chi connectivity index (χ1v) is 5.74. The fraction of sp³-hybridized carbons (Fsp3) is 0.917. The van der Waals surface area contributed by atoms with E-state index in [9.17, 15) is 4.79 Å². The molecular formula is C12H23NO. The Hall–Kier alpha value is -0.370. The molecule has 1 saturated heterocycles. The fourth-order valence-corrected chi connectivity index (χ4v) is 2.34. The third-order valence-electron chi connectivity index (χ3n) is 3.29. The summed E-state index contributed by atoms with van der Waals surface area (Å²) in [7, 11) is 0. The van der Waals surface area contributed by atoms with Crippen LogP contribution in [0.1, 0.15) is 34.1 Å². The number of carbonyl (C=O) groups is 1. The van der Waals surface area contributed by atoms with Gasteiger partial charge in [-0.1, -0.05) is 27.7 Å². The summed E-state index contributed by atoms with van der Waals surface area (Å²) in [4.78, 5) is 13.4. The van der Waals surface area contributed by atoms with Gasteiger partial charge in [-0.15, -0.1) is 0 Å². The second-order valence-electron chi connectivity index (χ2n) is 5.18. The van der Waals surface area contributed by atoms with E-state index < -0.39 is 0 Å². The van der Waals surface area contributed by atoms with Gasteiger partial charge in [0, 0.05) is 19.5 Å². The van der Waals surface area contributed by atoms with Crippen molar-refractivity contribution in [1.82, 2.24) is 4.90 Å². The Morgan fingerprint density at radius 1 is 1.21 bits per heavy atom. The van der Waals surface area contributed by atoms with E-state index in [-0.39, 0.29) is 0 Å². The van der Waals surface area contributed by atoms with Crippen molar-refractivity contribution in [2.45, 2.75) is 34.1 Å². The van der Waals surface area contributed by atoms with Gasteiger partial charge >= 0.3 is 0 Å². The lowest BCUT2D eigenvalue weighted by molar-refractivity contribution is -0.117. The second-order valence-corrected chi connectivity index (χ2v) is 5.18. The Morgan fingerprint density at radius 3 is 2.14 bits per heavy atom. The summed E-state index contributed by atoms with van der Waals surface area (Å²) in [5, 5.41) is 0. The van der Waals surface area contributed by atoms with Crippen molar-refractivity contribution in [3.8, 4) is 0 Å². The van der Waals surface area contributed by atoms with Crippen LogP contribution < -0.4 is 0 Å². The number of rotatable bonds is 4. The molecule has 0 N–H and O–H groups in total. The molecule has 0 aromatic rings. The van der Waals surface area contributed by atoms with E-state index >= 15 is 0 Å². The number of nitrogens with zero attached hydrogens (tertiary/aromatic N) is 1. The van der Waals surface area contributed by atoms with Gasteiger partial charge in [-0.05, 0) is 17.8 Å². The lowest BCUT2D eigenvalue weighted by atomic mass is 9.85. The fourth-order valence-electron chi connectivity index (χ4n) is 2.34. The molecule has 0 amide bonds. The van der Waals surface area contributed by atoms with Gasteiger partial charge < -0.3 is 0 Å². The molecule has 1 heterocycles. The Bertz CT molecular complexity index is 190. The lowest BCUT2D eigenvalue weighted by Crippen LogP contribution is -2.32. The summed E-state index contributed by atoms with van der Waals surface area (Å²) in [6.45, 7) is 11.9. The predicted octanol–water partition coefficient (Wildman–Crippen LogP) is 2.19. The van der Waals surface area contributed by atoms with Gasteiger partial charge in [0.2, 0.25) is 0 Å². The molecule has 0 atom stereocenters. The van der Waals surface area contributed by atoms with Crippen LogP contribution in [-0.2, 0) is 4.79 Å². The van der Waals surface area contributed by atoms with E-state index in [1.54, 1.807) is 0 Å². The number of ketones is 1. The van der Waals surface area contributed by atoms with E-state index in [1.807, 2.05) is 0 Å². The molecule has 1 aliphatic rings. The van der Waals surface area contributed by atoms with Crippen molar-refractivity contribution in [2.75, 3.05) is 19.6 Å². The molecule has 2 nitrogen and oxygen atoms in total. The molecule has 0 aromatic carbocycles. The molecule has 0 bridgehead atoms. The molecule has 2 heteroatoms. The SMILES string of the molecule is CC(C)C(CN1CCC(=O)C1)C(C)C. The monoisotopic (exact) mass is 197 g/mol. The zero-order valence-corrected chi connectivity index (χ0v) is 9.92. The summed E-state index contributed by atoms with van der Waals surface area (Å²) in [5.41, 5.74) is 0. The summed E-state index contributed by atoms with van der Waals surface area (Å²) in [5.74, 6) is 2.56. The van der Waals surface area contributed by atoms with Crippen LogP contribution in [0.15, 0.2) is 0 Å². The van der Waals surface area contributed by atoms with Gasteiger partial charge in [0.1, 0.15) is 5.78 Å². The van der Waals surface area contributed by atoms with Gasteiger partial charge in [0.15, 0.2) is 0 Å². The first-order valence-electron chi connectivity index (χ1n) is 5.74. The minimum atomic E-state index is 0.413. The van der Waals surface area contributed by atoms with E-state index in [2.05, 4.69) is 32.6 Å². The summed E-state index contributed by atoms with van der Waals surface area (Å²) in [6, 6.07) is 0. The van der Waals surface area contributed by atoms with Crippen LogP contribution in [-0.4, -0.2) is 30.3 Å². The molecule has 82 valence electrons. The summed E-state index contributed by atoms with van der Waals surface area (Å²) >= 11 is 0. The minimum Gasteiger partial charge on any atom is -0.298 e. The third kappa shape index (κ3) is 3.09. The van der Waals surface area contributed by atoms with Crippen LogP contribution in [0.25, 0.3) is 0 Å². The first kappa shape index (κ1) is 11.7. The van der Waals surface area contributed by atoms with Gasteiger partial charge in [-0.3, -0.25) is 9.69 Å². The van der Waals surface area contributed by atoms with Gasteiger partial charge in [-0.2, -0.15) is 0 Å². The average Bonchev–Trinajstić information content (AvgIpc) is 2.46. The van der Waals surface area contributed by atoms with Crippen molar-refractivity contribution in [3.05, 3.63) is 0 Å². The maximum atomic E-state index is 11.1. The second kappa shape index (κ2) is 4.92. The molecular weight excluding hydrogens is 174 g/mol. The van der Waals surface area contributed by atoms with Crippen LogP contribution in [0.3, 0.4) is 0 Å². The van der Waals surface area contributed by atoms with Crippen LogP contribution in [0.5, 0.6) is 0 Å². The van der Waals surface area contributed by atoms with Crippen LogP contribution >= 0.6 is 0 Å². The van der Waals surface area contributed by atoms with Gasteiger partial charge in [0.25, 0.3) is 0 Å². The number of Topliss-reactive ketones (excluding diaryl/α,β-unsaturated/α-hetero) is 1. The predicted molar refractivity (Wildman–Crippen MR) is 59.2 cm³/mol. The number of hydrogen-bond acceptors (Lipinski definition) is 2. The van der Waals surface area contributed by atoms with Crippen molar-refractivity contribution >= 4 is 5.78 Å². The highest BCUT2D eigenvalue weighted by Gasteiger charge is 2.25. The third-order valence-corrected chi connectivity index (χ3v) is 3.29. The zero-order chi connectivity index (χ0) is 10.7. The lowest BCUT2D eigenvalue weighted by Gasteiger charge is -2.29. The maximum Gasteiger partial charge on any atom is 0.148 e. The number of carbonyl (C=O) groups excluding carboxylic acids is 1. The van der Waals surface area contributed by atoms with E-state index in [0.717, 1.165) is 25.4 Å². The Morgan fingerprint density at radius 2 is 1.79 bits per heavy atom. The molecule has 1 fully saturated rings. The highest BCUT2D eigenvalue weighted by molar-refractivity contribution is 5.82. The minimum absolute atomic E-state index is 0.413. The van der Waals surface area contributed by atoms with Crippen LogP contribution in [0.4, 0.5) is 0 Å². The molecule has 1 rings (SSSR count). The normalized spacial score (nSPS) is 19.2. The molecule has 0 unspecified atom stereocenters. The summed E-state index contributed by atoms with van der Waals surface area (Å²) < 4.78 is 0. The molecule has 0 spiro atoms. The average molecular weight is 197 g/mol. The van der Waals surface area contributed by atoms with Crippen molar-refractivity contribution in [1.29, 1.82) is 0 Å². The van der Waals surface area contributed by atoms with Crippen molar-refractivity contribution in [2.24, 2.45) is 17.8 Å². The number of likely N-dealkylation sites (tertiary alicyclic amines) is 1. The van der Waals surface area contributed by atoms with Gasteiger partial charge in [0.05, 0.1) is 6.54 Å². The molecule has 0 radical (unpaired) electrons. The standard InChI is InChI=1S/C12H23NO/c1-9(2)12(10(3)4)8-13-6-5-11(14)7-13/h9-10,12H,5-8H2,1-4H3. The molecule has 0 aliphatic carbocycles. The maximum absolute atomic E-state index is 11.1. The Balaban J connectivity index is 2.43.